The molecule has 0 bridgehead atoms. The molecule has 1 N–H and O–H groups in total. The van der Waals surface area contributed by atoms with E-state index < -0.39 is 11.7 Å². The predicted octanol–water partition coefficient (Wildman–Crippen LogP) is 4.31. The Hall–Kier alpha value is -2.19. The highest BCUT2D eigenvalue weighted by molar-refractivity contribution is 7.14. The Balaban J connectivity index is 2.34. The van der Waals surface area contributed by atoms with Crippen molar-refractivity contribution in [3.8, 4) is 6.07 Å². The summed E-state index contributed by atoms with van der Waals surface area (Å²) in [6, 6.07) is 7.89. The van der Waals surface area contributed by atoms with Gasteiger partial charge >= 0.3 is 0 Å². The predicted molar refractivity (Wildman–Crippen MR) is 82.1 cm³/mol. The molecule has 0 saturated carbocycles. The van der Waals surface area contributed by atoms with E-state index in [0.717, 1.165) is 5.56 Å². The molecule has 0 aliphatic rings. The van der Waals surface area contributed by atoms with Crippen LogP contribution in [0.2, 0.25) is 0 Å². The highest BCUT2D eigenvalue weighted by atomic mass is 32.1. The summed E-state index contributed by atoms with van der Waals surface area (Å²) in [6.07, 6.45) is 0. The van der Waals surface area contributed by atoms with Gasteiger partial charge in [0, 0.05) is 0 Å². The molecule has 0 aliphatic carbocycles. The Morgan fingerprint density at radius 3 is 2.57 bits per heavy atom. The Morgan fingerprint density at radius 1 is 1.33 bits per heavy atom. The number of carbonyl (C=O) groups excluding carboxylic acids is 1. The number of anilines is 1. The molecule has 3 nitrogen and oxygen atoms in total. The smallest absolute Gasteiger partial charge is 0.259 e. The third-order valence-corrected chi connectivity index (χ3v) is 3.95. The molecule has 0 atom stereocenters. The summed E-state index contributed by atoms with van der Waals surface area (Å²) in [5.41, 5.74) is 1.09. The molecule has 0 aliphatic heterocycles. The number of nitriles is 1. The number of benzene rings is 1. The van der Waals surface area contributed by atoms with E-state index in [-0.39, 0.29) is 11.0 Å². The fraction of sp³-hybridized carbons (Fsp3) is 0.250. The normalized spacial score (nSPS) is 11.0. The molecule has 1 aromatic carbocycles. The summed E-state index contributed by atoms with van der Waals surface area (Å²) >= 11 is 1.28. The fourth-order valence-corrected chi connectivity index (χ4v) is 3.06. The molecule has 1 heterocycles. The van der Waals surface area contributed by atoms with Crippen molar-refractivity contribution in [1.82, 2.24) is 0 Å². The van der Waals surface area contributed by atoms with Gasteiger partial charge < -0.3 is 5.32 Å². The van der Waals surface area contributed by atoms with Crippen molar-refractivity contribution < 1.29 is 9.18 Å². The SMILES string of the molecule is CC(C)(C)c1csc(NC(=O)c2ccccc2F)c1C#N. The van der Waals surface area contributed by atoms with Crippen LogP contribution in [0.5, 0.6) is 0 Å². The number of thiophene rings is 1. The van der Waals surface area contributed by atoms with Crippen LogP contribution in [0.1, 0.15) is 42.3 Å². The minimum atomic E-state index is -0.582. The summed E-state index contributed by atoms with van der Waals surface area (Å²) in [4.78, 5) is 12.1. The molecule has 0 saturated heterocycles. The van der Waals surface area contributed by atoms with Crippen LogP contribution in [0.25, 0.3) is 0 Å². The lowest BCUT2D eigenvalue weighted by atomic mass is 9.86. The zero-order valence-corrected chi connectivity index (χ0v) is 12.8. The molecule has 5 heteroatoms. The van der Waals surface area contributed by atoms with Crippen molar-refractivity contribution in [2.75, 3.05) is 5.32 Å². The van der Waals surface area contributed by atoms with Crippen LogP contribution < -0.4 is 5.32 Å². The van der Waals surface area contributed by atoms with Crippen molar-refractivity contribution in [1.29, 1.82) is 5.26 Å². The first-order valence-corrected chi connectivity index (χ1v) is 7.30. The standard InChI is InChI=1S/C16H15FN2OS/c1-16(2,3)12-9-21-15(11(12)8-18)19-14(20)10-6-4-5-7-13(10)17/h4-7,9H,1-3H3,(H,19,20). The minimum Gasteiger partial charge on any atom is -0.312 e. The summed E-state index contributed by atoms with van der Waals surface area (Å²) in [5, 5.41) is 14.3. The molecular formula is C16H15FN2OS. The molecule has 1 amide bonds. The lowest BCUT2D eigenvalue weighted by molar-refractivity contribution is 0.102. The molecule has 0 radical (unpaired) electrons. The maximum absolute atomic E-state index is 13.6. The van der Waals surface area contributed by atoms with Crippen molar-refractivity contribution in [2.45, 2.75) is 26.2 Å². The minimum absolute atomic E-state index is 0.0351. The maximum atomic E-state index is 13.6. The number of rotatable bonds is 2. The highest BCUT2D eigenvalue weighted by Crippen LogP contribution is 2.35. The van der Waals surface area contributed by atoms with Crippen LogP contribution in [0.15, 0.2) is 29.6 Å². The number of carbonyl (C=O) groups is 1. The molecule has 2 aromatic rings. The monoisotopic (exact) mass is 302 g/mol. The third-order valence-electron chi connectivity index (χ3n) is 3.06. The van der Waals surface area contributed by atoms with E-state index in [0.29, 0.717) is 10.6 Å². The Labute approximate surface area is 127 Å². The van der Waals surface area contributed by atoms with Crippen LogP contribution >= 0.6 is 11.3 Å². The summed E-state index contributed by atoms with van der Waals surface area (Å²) in [5.74, 6) is -1.13. The molecule has 2 rings (SSSR count). The Kier molecular flexibility index (Phi) is 4.10. The highest BCUT2D eigenvalue weighted by Gasteiger charge is 2.23. The average molecular weight is 302 g/mol. The molecule has 0 unspecified atom stereocenters. The van der Waals surface area contributed by atoms with Gasteiger partial charge in [0.1, 0.15) is 16.9 Å². The Morgan fingerprint density at radius 2 is 2.00 bits per heavy atom. The van der Waals surface area contributed by atoms with Crippen molar-refractivity contribution in [2.24, 2.45) is 0 Å². The topological polar surface area (TPSA) is 52.9 Å². The van der Waals surface area contributed by atoms with Crippen LogP contribution in [0.4, 0.5) is 9.39 Å². The summed E-state index contributed by atoms with van der Waals surface area (Å²) in [6.45, 7) is 6.00. The first-order valence-electron chi connectivity index (χ1n) is 6.42. The molecule has 1 aromatic heterocycles. The number of hydrogen-bond acceptors (Lipinski definition) is 3. The van der Waals surface area contributed by atoms with E-state index in [1.165, 1.54) is 29.5 Å². The van der Waals surface area contributed by atoms with Gasteiger partial charge in [-0.2, -0.15) is 5.26 Å². The van der Waals surface area contributed by atoms with E-state index in [2.05, 4.69) is 11.4 Å². The van der Waals surface area contributed by atoms with Crippen LogP contribution in [-0.4, -0.2) is 5.91 Å². The number of nitrogens with zero attached hydrogens (tertiary/aromatic N) is 1. The van der Waals surface area contributed by atoms with Gasteiger partial charge in [0.05, 0.1) is 11.1 Å². The molecule has 0 fully saturated rings. The zero-order chi connectivity index (χ0) is 15.6. The molecule has 0 spiro atoms. The zero-order valence-electron chi connectivity index (χ0n) is 12.0. The van der Waals surface area contributed by atoms with Crippen LogP contribution in [0.3, 0.4) is 0 Å². The van der Waals surface area contributed by atoms with E-state index in [1.807, 2.05) is 26.2 Å². The summed E-state index contributed by atoms with van der Waals surface area (Å²) in [7, 11) is 0. The van der Waals surface area contributed by atoms with Crippen molar-refractivity contribution >= 4 is 22.2 Å². The van der Waals surface area contributed by atoms with Gasteiger partial charge in [-0.1, -0.05) is 32.9 Å². The van der Waals surface area contributed by atoms with Crippen molar-refractivity contribution in [3.05, 3.63) is 52.2 Å². The number of hydrogen-bond donors (Lipinski definition) is 1. The largest absolute Gasteiger partial charge is 0.312 e. The second kappa shape index (κ2) is 5.66. The van der Waals surface area contributed by atoms with Gasteiger partial charge in [-0.05, 0) is 28.5 Å². The lowest BCUT2D eigenvalue weighted by Gasteiger charge is -2.17. The molecule has 108 valence electrons. The van der Waals surface area contributed by atoms with E-state index >= 15 is 0 Å². The third kappa shape index (κ3) is 3.11. The van der Waals surface area contributed by atoms with Gasteiger partial charge in [0.15, 0.2) is 0 Å². The number of nitrogens with one attached hydrogen (secondary N) is 1. The first-order chi connectivity index (χ1) is 9.84. The van der Waals surface area contributed by atoms with E-state index in [1.54, 1.807) is 6.07 Å². The number of amides is 1. The quantitative estimate of drug-likeness (QED) is 0.898. The second-order valence-corrected chi connectivity index (χ2v) is 6.53. The van der Waals surface area contributed by atoms with Gasteiger partial charge in [-0.15, -0.1) is 11.3 Å². The number of halogens is 1. The summed E-state index contributed by atoms with van der Waals surface area (Å²) < 4.78 is 13.6. The van der Waals surface area contributed by atoms with Crippen LogP contribution in [-0.2, 0) is 5.41 Å². The lowest BCUT2D eigenvalue weighted by Crippen LogP contribution is -2.15. The van der Waals surface area contributed by atoms with E-state index in [4.69, 9.17) is 0 Å². The van der Waals surface area contributed by atoms with E-state index in [9.17, 15) is 14.4 Å². The van der Waals surface area contributed by atoms with Gasteiger partial charge in [-0.3, -0.25) is 4.79 Å². The Bertz CT molecular complexity index is 723. The first kappa shape index (κ1) is 15.2. The van der Waals surface area contributed by atoms with Crippen LogP contribution in [0, 0.1) is 17.1 Å². The van der Waals surface area contributed by atoms with Gasteiger partial charge in [0.2, 0.25) is 0 Å². The molecule has 21 heavy (non-hydrogen) atoms. The van der Waals surface area contributed by atoms with Gasteiger partial charge in [-0.25, -0.2) is 4.39 Å². The fourth-order valence-electron chi connectivity index (χ4n) is 1.93. The second-order valence-electron chi connectivity index (χ2n) is 5.65. The maximum Gasteiger partial charge on any atom is 0.259 e. The molecular weight excluding hydrogens is 287 g/mol. The average Bonchev–Trinajstić information content (AvgIpc) is 2.81. The van der Waals surface area contributed by atoms with Crippen molar-refractivity contribution in [3.63, 3.8) is 0 Å². The van der Waals surface area contributed by atoms with Gasteiger partial charge in [0.25, 0.3) is 5.91 Å².